The molecule has 0 radical (unpaired) electrons. The lowest BCUT2D eigenvalue weighted by molar-refractivity contribution is -0.142. The normalized spacial score (nSPS) is 12.7. The molecule has 0 aliphatic carbocycles. The molecule has 1 aromatic rings. The Morgan fingerprint density at radius 1 is 1.26 bits per heavy atom. The average Bonchev–Trinajstić information content (AvgIpc) is 2.37. The van der Waals surface area contributed by atoms with Gasteiger partial charge in [-0.25, -0.2) is 13.2 Å². The first-order valence-electron chi connectivity index (χ1n) is 5.21. The highest BCUT2D eigenvalue weighted by Gasteiger charge is 2.22. The first-order valence-corrected chi connectivity index (χ1v) is 6.70. The van der Waals surface area contributed by atoms with Crippen LogP contribution < -0.4 is 4.72 Å². The number of carboxylic acid groups (broad SMARTS) is 1. The molecule has 0 heterocycles. The number of methoxy groups -OCH3 is 1. The molecular formula is C11H13NO6S. The number of ether oxygens (including phenoxy) is 1. The van der Waals surface area contributed by atoms with Gasteiger partial charge in [0.15, 0.2) is 0 Å². The van der Waals surface area contributed by atoms with Crippen LogP contribution in [-0.4, -0.2) is 38.6 Å². The highest BCUT2D eigenvalue weighted by Crippen LogP contribution is 2.11. The Kier molecular flexibility index (Phi) is 4.62. The first kappa shape index (κ1) is 15.1. The fourth-order valence-electron chi connectivity index (χ4n) is 1.30. The van der Waals surface area contributed by atoms with Crippen LogP contribution in [-0.2, 0) is 19.6 Å². The van der Waals surface area contributed by atoms with Gasteiger partial charge in [0.05, 0.1) is 17.6 Å². The van der Waals surface area contributed by atoms with Crippen LogP contribution in [0.15, 0.2) is 29.2 Å². The third-order valence-corrected chi connectivity index (χ3v) is 3.85. The van der Waals surface area contributed by atoms with Crippen molar-refractivity contribution < 1.29 is 27.9 Å². The minimum absolute atomic E-state index is 0.0278. The van der Waals surface area contributed by atoms with Gasteiger partial charge in [-0.05, 0) is 31.2 Å². The Balaban J connectivity index is 2.94. The Labute approximate surface area is 110 Å². The Morgan fingerprint density at radius 3 is 2.21 bits per heavy atom. The van der Waals surface area contributed by atoms with Crippen molar-refractivity contribution in [3.63, 3.8) is 0 Å². The number of sulfonamides is 1. The molecule has 2 N–H and O–H groups in total. The maximum atomic E-state index is 11.9. The largest absolute Gasteiger partial charge is 0.478 e. The van der Waals surface area contributed by atoms with E-state index in [0.29, 0.717) is 0 Å². The second kappa shape index (κ2) is 5.81. The van der Waals surface area contributed by atoms with Crippen molar-refractivity contribution in [2.24, 2.45) is 0 Å². The molecule has 0 aromatic heterocycles. The maximum Gasteiger partial charge on any atom is 0.335 e. The highest BCUT2D eigenvalue weighted by atomic mass is 32.2. The third kappa shape index (κ3) is 3.76. The van der Waals surface area contributed by atoms with Crippen molar-refractivity contribution in [2.75, 3.05) is 7.11 Å². The minimum atomic E-state index is -3.90. The van der Waals surface area contributed by atoms with E-state index >= 15 is 0 Å². The number of aromatic carboxylic acids is 1. The molecule has 0 unspecified atom stereocenters. The van der Waals surface area contributed by atoms with Crippen molar-refractivity contribution in [1.82, 2.24) is 4.72 Å². The number of hydrogen-bond donors (Lipinski definition) is 2. The predicted molar refractivity (Wildman–Crippen MR) is 65.2 cm³/mol. The summed E-state index contributed by atoms with van der Waals surface area (Å²) in [5, 5.41) is 8.70. The molecule has 7 nitrogen and oxygen atoms in total. The molecule has 104 valence electrons. The molecule has 8 heteroatoms. The quantitative estimate of drug-likeness (QED) is 0.750. The zero-order valence-corrected chi connectivity index (χ0v) is 11.1. The zero-order chi connectivity index (χ0) is 14.6. The second-order valence-electron chi connectivity index (χ2n) is 3.70. The van der Waals surface area contributed by atoms with Crippen molar-refractivity contribution in [3.8, 4) is 0 Å². The van der Waals surface area contributed by atoms with E-state index in [1.165, 1.54) is 19.1 Å². The number of esters is 1. The van der Waals surface area contributed by atoms with Gasteiger partial charge in [0.1, 0.15) is 6.04 Å². The molecule has 0 bridgehead atoms. The minimum Gasteiger partial charge on any atom is -0.478 e. The number of hydrogen-bond acceptors (Lipinski definition) is 5. The number of carboxylic acids is 1. The number of rotatable bonds is 5. The molecule has 0 saturated carbocycles. The van der Waals surface area contributed by atoms with Crippen LogP contribution in [0.5, 0.6) is 0 Å². The molecule has 0 amide bonds. The number of nitrogens with one attached hydrogen (secondary N) is 1. The molecule has 1 rings (SSSR count). The lowest BCUT2D eigenvalue weighted by Gasteiger charge is -2.12. The van der Waals surface area contributed by atoms with Gasteiger partial charge in [0, 0.05) is 0 Å². The van der Waals surface area contributed by atoms with E-state index in [-0.39, 0.29) is 10.5 Å². The van der Waals surface area contributed by atoms with Crippen LogP contribution in [0.4, 0.5) is 0 Å². The summed E-state index contributed by atoms with van der Waals surface area (Å²) < 4.78 is 30.3. The fraction of sp³-hybridized carbons (Fsp3) is 0.273. The standard InChI is InChI=1S/C11H13NO6S/c1-7(11(15)18-2)12-19(16,17)9-5-3-8(4-6-9)10(13)14/h3-7,12H,1-2H3,(H,13,14)/t7-/m0/s1. The molecule has 0 spiro atoms. The maximum absolute atomic E-state index is 11.9. The monoisotopic (exact) mass is 287 g/mol. The van der Waals surface area contributed by atoms with Crippen molar-refractivity contribution in [2.45, 2.75) is 17.9 Å². The van der Waals surface area contributed by atoms with Crippen molar-refractivity contribution >= 4 is 22.0 Å². The van der Waals surface area contributed by atoms with Crippen LogP contribution >= 0.6 is 0 Å². The van der Waals surface area contributed by atoms with Gasteiger partial charge in [0.2, 0.25) is 10.0 Å². The zero-order valence-electron chi connectivity index (χ0n) is 10.3. The predicted octanol–water partition coefficient (Wildman–Crippen LogP) is 0.225. The highest BCUT2D eigenvalue weighted by molar-refractivity contribution is 7.89. The Morgan fingerprint density at radius 2 is 1.79 bits per heavy atom. The van der Waals surface area contributed by atoms with E-state index in [0.717, 1.165) is 19.2 Å². The summed E-state index contributed by atoms with van der Waals surface area (Å²) in [4.78, 5) is 21.6. The third-order valence-electron chi connectivity index (χ3n) is 2.30. The van der Waals surface area contributed by atoms with Crippen LogP contribution in [0.3, 0.4) is 0 Å². The van der Waals surface area contributed by atoms with Gasteiger partial charge in [-0.2, -0.15) is 4.72 Å². The molecular weight excluding hydrogens is 274 g/mol. The van der Waals surface area contributed by atoms with E-state index in [9.17, 15) is 18.0 Å². The molecule has 0 aliphatic heterocycles. The topological polar surface area (TPSA) is 110 Å². The lowest BCUT2D eigenvalue weighted by Crippen LogP contribution is -2.39. The molecule has 1 aromatic carbocycles. The number of carbonyl (C=O) groups excluding carboxylic acids is 1. The molecule has 1 atom stereocenters. The lowest BCUT2D eigenvalue weighted by atomic mass is 10.2. The van der Waals surface area contributed by atoms with Gasteiger partial charge in [-0.1, -0.05) is 0 Å². The van der Waals surface area contributed by atoms with E-state index in [1.807, 2.05) is 0 Å². The first-order chi connectivity index (χ1) is 8.77. The molecule has 0 fully saturated rings. The van der Waals surface area contributed by atoms with E-state index in [1.54, 1.807) is 0 Å². The summed E-state index contributed by atoms with van der Waals surface area (Å²) in [6.07, 6.45) is 0. The SMILES string of the molecule is COC(=O)[C@H](C)NS(=O)(=O)c1ccc(C(=O)O)cc1. The molecule has 19 heavy (non-hydrogen) atoms. The Bertz CT molecular complexity index is 578. The fourth-order valence-corrected chi connectivity index (χ4v) is 2.49. The van der Waals surface area contributed by atoms with Gasteiger partial charge in [-0.15, -0.1) is 0 Å². The van der Waals surface area contributed by atoms with Gasteiger partial charge < -0.3 is 9.84 Å². The van der Waals surface area contributed by atoms with E-state index in [4.69, 9.17) is 5.11 Å². The van der Waals surface area contributed by atoms with Crippen LogP contribution in [0, 0.1) is 0 Å². The van der Waals surface area contributed by atoms with Crippen molar-refractivity contribution in [1.29, 1.82) is 0 Å². The summed E-state index contributed by atoms with van der Waals surface area (Å²) in [6, 6.07) is 3.60. The summed E-state index contributed by atoms with van der Waals surface area (Å²) in [6.45, 7) is 1.34. The van der Waals surface area contributed by atoms with Gasteiger partial charge >= 0.3 is 11.9 Å². The second-order valence-corrected chi connectivity index (χ2v) is 5.41. The number of benzene rings is 1. The summed E-state index contributed by atoms with van der Waals surface area (Å²) >= 11 is 0. The van der Waals surface area contributed by atoms with Crippen molar-refractivity contribution in [3.05, 3.63) is 29.8 Å². The van der Waals surface area contributed by atoms with Crippen LogP contribution in [0.2, 0.25) is 0 Å². The van der Waals surface area contributed by atoms with Crippen LogP contribution in [0.25, 0.3) is 0 Å². The average molecular weight is 287 g/mol. The number of carbonyl (C=O) groups is 2. The smallest absolute Gasteiger partial charge is 0.335 e. The van der Waals surface area contributed by atoms with Gasteiger partial charge in [0.25, 0.3) is 0 Å². The Hall–Kier alpha value is -1.93. The summed E-state index contributed by atoms with van der Waals surface area (Å²) in [5.41, 5.74) is -0.0278. The van der Waals surface area contributed by atoms with E-state index in [2.05, 4.69) is 9.46 Å². The molecule has 0 saturated heterocycles. The van der Waals surface area contributed by atoms with Gasteiger partial charge in [-0.3, -0.25) is 4.79 Å². The summed E-state index contributed by atoms with van der Waals surface area (Å²) in [5.74, 6) is -1.87. The molecule has 0 aliphatic rings. The van der Waals surface area contributed by atoms with Crippen LogP contribution in [0.1, 0.15) is 17.3 Å². The van der Waals surface area contributed by atoms with E-state index < -0.39 is 28.0 Å². The summed E-state index contributed by atoms with van der Waals surface area (Å²) in [7, 11) is -2.75.